The van der Waals surface area contributed by atoms with Crippen LogP contribution in [0.5, 0.6) is 23.0 Å². The Balaban J connectivity index is 2.32. The molecule has 0 amide bonds. The van der Waals surface area contributed by atoms with Crippen molar-refractivity contribution in [3.05, 3.63) is 29.3 Å². The van der Waals surface area contributed by atoms with Crippen LogP contribution in [0, 0.1) is 0 Å². The maximum atomic E-state index is 10.3. The quantitative estimate of drug-likeness (QED) is 0.681. The predicted molar refractivity (Wildman–Crippen MR) is 111 cm³/mol. The number of ether oxygens (including phenoxy) is 4. The van der Waals surface area contributed by atoms with Gasteiger partial charge in [-0.1, -0.05) is 0 Å². The van der Waals surface area contributed by atoms with Gasteiger partial charge in [0.25, 0.3) is 0 Å². The van der Waals surface area contributed by atoms with Crippen LogP contribution in [0.4, 0.5) is 5.69 Å². The van der Waals surface area contributed by atoms with E-state index in [2.05, 4.69) is 11.9 Å². The molecule has 3 aromatic carbocycles. The fraction of sp³-hybridized carbons (Fsp3) is 0.364. The lowest BCUT2D eigenvalue weighted by Gasteiger charge is -2.32. The molecule has 1 N–H and O–H groups in total. The van der Waals surface area contributed by atoms with Gasteiger partial charge >= 0.3 is 0 Å². The van der Waals surface area contributed by atoms with Crippen molar-refractivity contribution in [3.8, 4) is 23.0 Å². The van der Waals surface area contributed by atoms with Gasteiger partial charge in [-0.15, -0.1) is 0 Å². The van der Waals surface area contributed by atoms with E-state index in [4.69, 9.17) is 18.9 Å². The van der Waals surface area contributed by atoms with Crippen molar-refractivity contribution in [1.29, 1.82) is 0 Å². The summed E-state index contributed by atoms with van der Waals surface area (Å²) in [5.74, 6) is 2.63. The molecular weight excluding hydrogens is 358 g/mol. The largest absolute Gasteiger partial charge is 0.493 e. The van der Waals surface area contributed by atoms with Crippen molar-refractivity contribution in [1.82, 2.24) is 0 Å². The highest BCUT2D eigenvalue weighted by Crippen LogP contribution is 2.51. The van der Waals surface area contributed by atoms with Gasteiger partial charge in [-0.2, -0.15) is 0 Å². The van der Waals surface area contributed by atoms with Crippen molar-refractivity contribution in [2.75, 3.05) is 46.9 Å². The van der Waals surface area contributed by atoms with E-state index in [1.807, 2.05) is 18.2 Å². The molecule has 1 aliphatic heterocycles. The van der Waals surface area contributed by atoms with E-state index in [0.29, 0.717) is 23.0 Å². The second-order valence-corrected chi connectivity index (χ2v) is 6.93. The number of methoxy groups -OCH3 is 4. The zero-order valence-electron chi connectivity index (χ0n) is 16.9. The molecular formula is C22H25NO5. The summed E-state index contributed by atoms with van der Waals surface area (Å²) in [6.07, 6.45) is 0.893. The molecule has 0 aliphatic carbocycles. The number of nitrogens with zero attached hydrogens (tertiary/aromatic N) is 1. The third-order valence-corrected chi connectivity index (χ3v) is 5.65. The minimum absolute atomic E-state index is 0.0740. The molecule has 3 aromatic rings. The topological polar surface area (TPSA) is 60.4 Å². The minimum Gasteiger partial charge on any atom is -0.493 e. The monoisotopic (exact) mass is 383 g/mol. The first-order valence-electron chi connectivity index (χ1n) is 9.19. The molecule has 0 fully saturated rings. The summed E-state index contributed by atoms with van der Waals surface area (Å²) < 4.78 is 22.5. The lowest BCUT2D eigenvalue weighted by molar-refractivity contribution is 0.283. The maximum Gasteiger partial charge on any atom is 0.169 e. The van der Waals surface area contributed by atoms with Gasteiger partial charge in [0.05, 0.1) is 40.7 Å². The van der Waals surface area contributed by atoms with Gasteiger partial charge in [0, 0.05) is 29.9 Å². The van der Waals surface area contributed by atoms with Crippen LogP contribution in [0.3, 0.4) is 0 Å². The lowest BCUT2D eigenvalue weighted by atomic mass is 9.87. The number of hydrogen-bond donors (Lipinski definition) is 1. The SMILES string of the molecule is COc1cc2c(CO)c3c4c(cc(OC)c(OC)c4c2cc1OC)CCN3C. The molecule has 0 radical (unpaired) electrons. The van der Waals surface area contributed by atoms with Gasteiger partial charge < -0.3 is 29.0 Å². The summed E-state index contributed by atoms with van der Waals surface area (Å²) in [7, 11) is 8.59. The minimum atomic E-state index is -0.0740. The van der Waals surface area contributed by atoms with Crippen LogP contribution < -0.4 is 23.8 Å². The third kappa shape index (κ3) is 2.44. The van der Waals surface area contributed by atoms with Crippen LogP contribution in [0.25, 0.3) is 21.5 Å². The molecule has 1 aliphatic rings. The molecule has 0 aromatic heterocycles. The molecule has 1 heterocycles. The molecule has 148 valence electrons. The highest BCUT2D eigenvalue weighted by molar-refractivity contribution is 6.20. The maximum absolute atomic E-state index is 10.3. The van der Waals surface area contributed by atoms with E-state index < -0.39 is 0 Å². The van der Waals surface area contributed by atoms with Gasteiger partial charge in [-0.05, 0) is 41.0 Å². The number of aliphatic hydroxyl groups excluding tert-OH is 1. The van der Waals surface area contributed by atoms with Crippen molar-refractivity contribution in [2.24, 2.45) is 0 Å². The molecule has 0 bridgehead atoms. The van der Waals surface area contributed by atoms with Crippen LogP contribution in [-0.4, -0.2) is 47.1 Å². The highest BCUT2D eigenvalue weighted by atomic mass is 16.5. The van der Waals surface area contributed by atoms with Gasteiger partial charge in [-0.3, -0.25) is 0 Å². The summed E-state index contributed by atoms with van der Waals surface area (Å²) in [6.45, 7) is 0.790. The van der Waals surface area contributed by atoms with E-state index in [0.717, 1.165) is 45.8 Å². The Morgan fingerprint density at radius 3 is 2.07 bits per heavy atom. The average Bonchev–Trinajstić information content (AvgIpc) is 2.73. The van der Waals surface area contributed by atoms with Gasteiger partial charge in [0.1, 0.15) is 0 Å². The number of anilines is 1. The first-order chi connectivity index (χ1) is 13.6. The molecule has 6 nitrogen and oxygen atoms in total. The van der Waals surface area contributed by atoms with Gasteiger partial charge in [-0.25, -0.2) is 0 Å². The summed E-state index contributed by atoms with van der Waals surface area (Å²) in [5.41, 5.74) is 3.09. The molecule has 28 heavy (non-hydrogen) atoms. The molecule has 6 heteroatoms. The van der Waals surface area contributed by atoms with Crippen LogP contribution in [0.15, 0.2) is 18.2 Å². The third-order valence-electron chi connectivity index (χ3n) is 5.65. The van der Waals surface area contributed by atoms with E-state index in [-0.39, 0.29) is 6.61 Å². The second kappa shape index (κ2) is 6.95. The van der Waals surface area contributed by atoms with Crippen molar-refractivity contribution >= 4 is 27.2 Å². The summed E-state index contributed by atoms with van der Waals surface area (Å²) in [6, 6.07) is 5.93. The zero-order valence-corrected chi connectivity index (χ0v) is 16.9. The highest BCUT2D eigenvalue weighted by Gasteiger charge is 2.28. The Morgan fingerprint density at radius 2 is 1.50 bits per heavy atom. The molecule has 0 atom stereocenters. The van der Waals surface area contributed by atoms with Crippen LogP contribution in [0.2, 0.25) is 0 Å². The number of benzene rings is 3. The fourth-order valence-electron chi connectivity index (χ4n) is 4.37. The Labute approximate surface area is 164 Å². The molecule has 0 unspecified atom stereocenters. The van der Waals surface area contributed by atoms with Crippen molar-refractivity contribution < 1.29 is 24.1 Å². The number of fused-ring (bicyclic) bond motifs is 2. The average molecular weight is 383 g/mol. The summed E-state index contributed by atoms with van der Waals surface area (Å²) in [5, 5.41) is 14.2. The van der Waals surface area contributed by atoms with E-state index in [1.54, 1.807) is 28.4 Å². The summed E-state index contributed by atoms with van der Waals surface area (Å²) in [4.78, 5) is 2.20. The first-order valence-corrected chi connectivity index (χ1v) is 9.19. The Hall–Kier alpha value is -2.86. The molecule has 0 saturated heterocycles. The number of aliphatic hydroxyl groups is 1. The first kappa shape index (κ1) is 18.5. The van der Waals surface area contributed by atoms with E-state index in [1.165, 1.54) is 5.56 Å². The van der Waals surface area contributed by atoms with E-state index in [9.17, 15) is 5.11 Å². The predicted octanol–water partition coefficient (Wildman–Crippen LogP) is 3.51. The Kier molecular flexibility index (Phi) is 4.59. The van der Waals surface area contributed by atoms with Crippen LogP contribution in [-0.2, 0) is 13.0 Å². The molecule has 0 saturated carbocycles. The molecule has 4 rings (SSSR count). The Morgan fingerprint density at radius 1 is 0.857 bits per heavy atom. The standard InChI is InChI=1S/C22H25NO5/c1-23-7-6-12-8-18(27-4)22(28-5)20-14-10-17(26-3)16(25-2)9-13(14)15(11-24)21(23)19(12)20/h8-10,24H,6-7,11H2,1-5H3. The zero-order chi connectivity index (χ0) is 20.0. The van der Waals surface area contributed by atoms with Crippen molar-refractivity contribution in [2.45, 2.75) is 13.0 Å². The van der Waals surface area contributed by atoms with Gasteiger partial charge in [0.2, 0.25) is 0 Å². The summed E-state index contributed by atoms with van der Waals surface area (Å²) >= 11 is 0. The van der Waals surface area contributed by atoms with Crippen molar-refractivity contribution in [3.63, 3.8) is 0 Å². The number of likely N-dealkylation sites (N-methyl/N-ethyl adjacent to an activating group) is 1. The normalized spacial score (nSPS) is 13.1. The second-order valence-electron chi connectivity index (χ2n) is 6.93. The van der Waals surface area contributed by atoms with E-state index >= 15 is 0 Å². The fourth-order valence-corrected chi connectivity index (χ4v) is 4.37. The Bertz CT molecular complexity index is 1080. The molecule has 0 spiro atoms. The van der Waals surface area contributed by atoms with Crippen LogP contribution >= 0.6 is 0 Å². The number of rotatable bonds is 5. The lowest BCUT2D eigenvalue weighted by Crippen LogP contribution is -2.26. The van der Waals surface area contributed by atoms with Crippen LogP contribution in [0.1, 0.15) is 11.1 Å². The van der Waals surface area contributed by atoms with Gasteiger partial charge in [0.15, 0.2) is 23.0 Å². The smallest absolute Gasteiger partial charge is 0.169 e. The number of hydrogen-bond acceptors (Lipinski definition) is 6.